The molecule has 0 aliphatic rings. The lowest BCUT2D eigenvalue weighted by Gasteiger charge is -2.08. The van der Waals surface area contributed by atoms with Crippen LogP contribution in [0, 0.1) is 5.92 Å². The summed E-state index contributed by atoms with van der Waals surface area (Å²) >= 11 is 1.68. The van der Waals surface area contributed by atoms with Gasteiger partial charge in [-0.15, -0.1) is 0 Å². The van der Waals surface area contributed by atoms with Gasteiger partial charge < -0.3 is 9.84 Å². The third kappa shape index (κ3) is 4.03. The molecule has 0 fully saturated rings. The van der Waals surface area contributed by atoms with Crippen molar-refractivity contribution in [2.24, 2.45) is 13.0 Å². The highest BCUT2D eigenvalue weighted by molar-refractivity contribution is 7.98. The van der Waals surface area contributed by atoms with Crippen molar-refractivity contribution in [1.29, 1.82) is 0 Å². The van der Waals surface area contributed by atoms with Crippen LogP contribution in [0.3, 0.4) is 0 Å². The topological polar surface area (TPSA) is 64.3 Å². The molecule has 5 nitrogen and oxygen atoms in total. The Bertz CT molecular complexity index is 393. The molecule has 0 aliphatic heterocycles. The molecule has 0 saturated carbocycles. The number of ether oxygens (including phenoxy) is 1. The van der Waals surface area contributed by atoms with Crippen LogP contribution in [0.2, 0.25) is 0 Å². The standard InChI is InChI=1S/C12H20N2O3S/c1-4-17-12(16)10-5-13-14(3)11(10)8-18-7-9(2)6-15/h5,9,15H,4,6-8H2,1-3H3. The number of aryl methyl sites for hydroxylation is 1. The van der Waals surface area contributed by atoms with Gasteiger partial charge in [0.2, 0.25) is 0 Å². The lowest BCUT2D eigenvalue weighted by atomic mass is 10.2. The number of aliphatic hydroxyl groups excluding tert-OH is 1. The first-order valence-corrected chi connectivity index (χ1v) is 7.12. The predicted molar refractivity (Wildman–Crippen MR) is 71.6 cm³/mol. The van der Waals surface area contributed by atoms with Gasteiger partial charge in [-0.25, -0.2) is 4.79 Å². The third-order valence-corrected chi connectivity index (χ3v) is 3.79. The molecule has 0 aromatic carbocycles. The molecule has 0 spiro atoms. The molecule has 18 heavy (non-hydrogen) atoms. The Balaban J connectivity index is 2.64. The zero-order valence-electron chi connectivity index (χ0n) is 11.0. The number of aromatic nitrogens is 2. The number of carbonyl (C=O) groups is 1. The van der Waals surface area contributed by atoms with Gasteiger partial charge in [0, 0.05) is 19.4 Å². The number of rotatable bonds is 7. The number of aliphatic hydroxyl groups is 1. The Morgan fingerprint density at radius 3 is 3.00 bits per heavy atom. The summed E-state index contributed by atoms with van der Waals surface area (Å²) in [7, 11) is 1.81. The van der Waals surface area contributed by atoms with E-state index in [2.05, 4.69) is 5.10 Å². The van der Waals surface area contributed by atoms with Gasteiger partial charge in [0.1, 0.15) is 5.56 Å². The first kappa shape index (κ1) is 15.0. The molecule has 1 aromatic rings. The van der Waals surface area contributed by atoms with E-state index in [1.807, 2.05) is 14.0 Å². The van der Waals surface area contributed by atoms with Crippen LogP contribution in [-0.2, 0) is 17.5 Å². The number of hydrogen-bond donors (Lipinski definition) is 1. The van der Waals surface area contributed by atoms with E-state index in [9.17, 15) is 4.79 Å². The quantitative estimate of drug-likeness (QED) is 0.761. The molecular formula is C12H20N2O3S. The fourth-order valence-corrected chi connectivity index (χ4v) is 2.58. The Morgan fingerprint density at radius 2 is 2.39 bits per heavy atom. The van der Waals surface area contributed by atoms with Crippen molar-refractivity contribution in [2.75, 3.05) is 19.0 Å². The van der Waals surface area contributed by atoms with Gasteiger partial charge in [-0.2, -0.15) is 16.9 Å². The van der Waals surface area contributed by atoms with Gasteiger partial charge in [-0.1, -0.05) is 6.92 Å². The molecule has 1 aromatic heterocycles. The van der Waals surface area contributed by atoms with Gasteiger partial charge in [0.15, 0.2) is 0 Å². The summed E-state index contributed by atoms with van der Waals surface area (Å²) in [5, 5.41) is 13.0. The molecule has 0 aliphatic carbocycles. The van der Waals surface area contributed by atoms with Crippen LogP contribution in [0.4, 0.5) is 0 Å². The van der Waals surface area contributed by atoms with Crippen molar-refractivity contribution in [3.05, 3.63) is 17.5 Å². The number of hydrogen-bond acceptors (Lipinski definition) is 5. The summed E-state index contributed by atoms with van der Waals surface area (Å²) in [4.78, 5) is 11.7. The Labute approximate surface area is 112 Å². The zero-order chi connectivity index (χ0) is 13.5. The lowest BCUT2D eigenvalue weighted by molar-refractivity contribution is 0.0525. The van der Waals surface area contributed by atoms with Crippen LogP contribution in [0.5, 0.6) is 0 Å². The second-order valence-corrected chi connectivity index (χ2v) is 5.18. The van der Waals surface area contributed by atoms with Gasteiger partial charge in [-0.05, 0) is 18.6 Å². The van der Waals surface area contributed by atoms with Crippen molar-refractivity contribution >= 4 is 17.7 Å². The Hall–Kier alpha value is -1.01. The molecule has 1 unspecified atom stereocenters. The van der Waals surface area contributed by atoms with Crippen LogP contribution in [-0.4, -0.2) is 39.8 Å². The number of thioether (sulfide) groups is 1. The fourth-order valence-electron chi connectivity index (χ4n) is 1.42. The molecule has 6 heteroatoms. The molecule has 0 saturated heterocycles. The Kier molecular flexibility index (Phi) is 6.21. The molecule has 102 valence electrons. The van der Waals surface area contributed by atoms with Gasteiger partial charge in [0.05, 0.1) is 18.5 Å². The normalized spacial score (nSPS) is 12.4. The maximum Gasteiger partial charge on any atom is 0.341 e. The van der Waals surface area contributed by atoms with Crippen molar-refractivity contribution in [1.82, 2.24) is 9.78 Å². The molecule has 1 atom stereocenters. The van der Waals surface area contributed by atoms with Crippen LogP contribution >= 0.6 is 11.8 Å². The third-order valence-electron chi connectivity index (χ3n) is 2.51. The van der Waals surface area contributed by atoms with E-state index in [0.29, 0.717) is 17.9 Å². The van der Waals surface area contributed by atoms with Crippen molar-refractivity contribution in [2.45, 2.75) is 19.6 Å². The van der Waals surface area contributed by atoms with E-state index >= 15 is 0 Å². The fraction of sp³-hybridized carbons (Fsp3) is 0.667. The van der Waals surface area contributed by atoms with E-state index in [1.54, 1.807) is 29.6 Å². The number of nitrogens with zero attached hydrogens (tertiary/aromatic N) is 2. The molecule has 1 heterocycles. The van der Waals surface area contributed by atoms with Crippen molar-refractivity contribution in [3.8, 4) is 0 Å². The van der Waals surface area contributed by atoms with Crippen molar-refractivity contribution in [3.63, 3.8) is 0 Å². The van der Waals surface area contributed by atoms with Gasteiger partial charge >= 0.3 is 5.97 Å². The van der Waals surface area contributed by atoms with E-state index in [1.165, 1.54) is 0 Å². The maximum absolute atomic E-state index is 11.7. The summed E-state index contributed by atoms with van der Waals surface area (Å²) in [6.45, 7) is 4.32. The summed E-state index contributed by atoms with van der Waals surface area (Å²) in [5.41, 5.74) is 1.40. The van der Waals surface area contributed by atoms with Crippen LogP contribution in [0.25, 0.3) is 0 Å². The minimum atomic E-state index is -0.323. The van der Waals surface area contributed by atoms with E-state index in [-0.39, 0.29) is 18.5 Å². The Morgan fingerprint density at radius 1 is 1.67 bits per heavy atom. The molecule has 1 N–H and O–H groups in total. The maximum atomic E-state index is 11.7. The minimum Gasteiger partial charge on any atom is -0.462 e. The van der Waals surface area contributed by atoms with Crippen molar-refractivity contribution < 1.29 is 14.6 Å². The van der Waals surface area contributed by atoms with Gasteiger partial charge in [0.25, 0.3) is 0 Å². The molecular weight excluding hydrogens is 252 g/mol. The van der Waals surface area contributed by atoms with E-state index in [4.69, 9.17) is 9.84 Å². The monoisotopic (exact) mass is 272 g/mol. The largest absolute Gasteiger partial charge is 0.462 e. The smallest absolute Gasteiger partial charge is 0.341 e. The first-order valence-electron chi connectivity index (χ1n) is 5.96. The average molecular weight is 272 g/mol. The zero-order valence-corrected chi connectivity index (χ0v) is 11.9. The summed E-state index contributed by atoms with van der Waals surface area (Å²) in [6, 6.07) is 0. The number of esters is 1. The molecule has 0 radical (unpaired) electrons. The highest BCUT2D eigenvalue weighted by atomic mass is 32.2. The second-order valence-electron chi connectivity index (χ2n) is 4.15. The summed E-state index contributed by atoms with van der Waals surface area (Å²) in [5.74, 6) is 1.48. The molecule has 0 bridgehead atoms. The average Bonchev–Trinajstić information content (AvgIpc) is 2.71. The SMILES string of the molecule is CCOC(=O)c1cnn(C)c1CSCC(C)CO. The second kappa shape index (κ2) is 7.43. The molecule has 0 amide bonds. The van der Waals surface area contributed by atoms with Crippen LogP contribution < -0.4 is 0 Å². The predicted octanol–water partition coefficient (Wildman–Crippen LogP) is 1.46. The molecule has 1 rings (SSSR count). The van der Waals surface area contributed by atoms with Crippen LogP contribution in [0.1, 0.15) is 29.9 Å². The summed E-state index contributed by atoms with van der Waals surface area (Å²) < 4.78 is 6.69. The summed E-state index contributed by atoms with van der Waals surface area (Å²) in [6.07, 6.45) is 1.54. The lowest BCUT2D eigenvalue weighted by Crippen LogP contribution is -2.09. The van der Waals surface area contributed by atoms with E-state index in [0.717, 1.165) is 11.4 Å². The minimum absolute atomic E-state index is 0.184. The first-order chi connectivity index (χ1) is 8.60. The number of carbonyl (C=O) groups excluding carboxylic acids is 1. The van der Waals surface area contributed by atoms with Gasteiger partial charge in [-0.3, -0.25) is 4.68 Å². The van der Waals surface area contributed by atoms with Crippen LogP contribution in [0.15, 0.2) is 6.20 Å². The van der Waals surface area contributed by atoms with E-state index < -0.39 is 0 Å². The highest BCUT2D eigenvalue weighted by Crippen LogP contribution is 2.19. The highest BCUT2D eigenvalue weighted by Gasteiger charge is 2.17.